The minimum Gasteiger partial charge on any atom is -0.351 e. The van der Waals surface area contributed by atoms with E-state index in [1.807, 2.05) is 44.9 Å². The molecular weight excluding hydrogens is 370 g/mol. The molecule has 2 fully saturated rings. The predicted molar refractivity (Wildman–Crippen MR) is 127 cm³/mol. The number of nitrogens with zero attached hydrogens (tertiary/aromatic N) is 2. The van der Waals surface area contributed by atoms with Crippen LogP contribution in [0.4, 0.5) is 0 Å². The van der Waals surface area contributed by atoms with E-state index < -0.39 is 0 Å². The number of amides is 1. The van der Waals surface area contributed by atoms with E-state index >= 15 is 0 Å². The van der Waals surface area contributed by atoms with Gasteiger partial charge in [0.15, 0.2) is 0 Å². The molecule has 1 N–H and O–H groups in total. The van der Waals surface area contributed by atoms with Crippen molar-refractivity contribution >= 4 is 5.91 Å². The van der Waals surface area contributed by atoms with Crippen molar-refractivity contribution in [3.05, 3.63) is 84.4 Å². The standard InChI is InChI=1S/C26H37N3O/c1-9-19(5)22(14-21(10-2)24(11-3)29(8)12-4)13-20(6)27-25(30)23-15-26(16-23)17-28(7)18-26/h9-14,23H,1,4-5,15-18H2,2-3,6-8H3,(H,27,30)/b20-13+,21-10+,22-14-,24-11-. The number of allylic oxidation sites excluding steroid dienone is 8. The molecule has 1 aliphatic heterocycles. The Kier molecular flexibility index (Phi) is 7.85. The van der Waals surface area contributed by atoms with Crippen molar-refractivity contribution in [1.29, 1.82) is 0 Å². The van der Waals surface area contributed by atoms with Crippen LogP contribution in [0.15, 0.2) is 84.4 Å². The van der Waals surface area contributed by atoms with Crippen LogP contribution in [0.2, 0.25) is 0 Å². The first-order valence-corrected chi connectivity index (χ1v) is 10.6. The van der Waals surface area contributed by atoms with E-state index in [-0.39, 0.29) is 11.8 Å². The molecular formula is C26H37N3O. The molecule has 0 aromatic heterocycles. The molecule has 4 heteroatoms. The van der Waals surface area contributed by atoms with Crippen LogP contribution in [0.3, 0.4) is 0 Å². The summed E-state index contributed by atoms with van der Waals surface area (Å²) >= 11 is 0. The van der Waals surface area contributed by atoms with Crippen molar-refractivity contribution in [2.75, 3.05) is 27.2 Å². The van der Waals surface area contributed by atoms with Crippen LogP contribution >= 0.6 is 0 Å². The highest BCUT2D eigenvalue weighted by Crippen LogP contribution is 2.51. The van der Waals surface area contributed by atoms with Crippen molar-refractivity contribution in [1.82, 2.24) is 15.1 Å². The molecule has 0 bridgehead atoms. The molecule has 1 amide bonds. The summed E-state index contributed by atoms with van der Waals surface area (Å²) in [7, 11) is 4.10. The van der Waals surface area contributed by atoms with Crippen molar-refractivity contribution in [3.63, 3.8) is 0 Å². The topological polar surface area (TPSA) is 35.6 Å². The van der Waals surface area contributed by atoms with Crippen molar-refractivity contribution in [2.45, 2.75) is 33.6 Å². The number of hydrogen-bond donors (Lipinski definition) is 1. The van der Waals surface area contributed by atoms with Crippen LogP contribution in [0.5, 0.6) is 0 Å². The number of rotatable bonds is 9. The first-order valence-electron chi connectivity index (χ1n) is 10.6. The molecule has 2 aliphatic rings. The van der Waals surface area contributed by atoms with Crippen molar-refractivity contribution in [3.8, 4) is 0 Å². The summed E-state index contributed by atoms with van der Waals surface area (Å²) < 4.78 is 0. The lowest BCUT2D eigenvalue weighted by Gasteiger charge is -2.57. The lowest BCUT2D eigenvalue weighted by molar-refractivity contribution is -0.141. The molecule has 1 saturated heterocycles. The molecule has 1 heterocycles. The maximum atomic E-state index is 12.7. The molecule has 1 aliphatic carbocycles. The fourth-order valence-corrected chi connectivity index (χ4v) is 4.58. The number of carbonyl (C=O) groups excluding carboxylic acids is 1. The third kappa shape index (κ3) is 5.31. The highest BCUT2D eigenvalue weighted by molar-refractivity contribution is 5.81. The Morgan fingerprint density at radius 1 is 1.13 bits per heavy atom. The normalized spacial score (nSPS) is 20.3. The molecule has 30 heavy (non-hydrogen) atoms. The third-order valence-corrected chi connectivity index (χ3v) is 6.09. The van der Waals surface area contributed by atoms with Gasteiger partial charge >= 0.3 is 0 Å². The molecule has 4 nitrogen and oxygen atoms in total. The summed E-state index contributed by atoms with van der Waals surface area (Å²) in [4.78, 5) is 17.0. The summed E-state index contributed by atoms with van der Waals surface area (Å²) in [5, 5.41) is 3.09. The maximum absolute atomic E-state index is 12.7. The number of likely N-dealkylation sites (tertiary alicyclic amines) is 1. The highest BCUT2D eigenvalue weighted by Gasteiger charge is 2.53. The van der Waals surface area contributed by atoms with Gasteiger partial charge in [-0.2, -0.15) is 0 Å². The second-order valence-corrected chi connectivity index (χ2v) is 8.63. The Balaban J connectivity index is 2.14. The van der Waals surface area contributed by atoms with E-state index in [1.54, 1.807) is 12.3 Å². The second-order valence-electron chi connectivity index (χ2n) is 8.63. The van der Waals surface area contributed by atoms with Crippen LogP contribution in [0.1, 0.15) is 33.6 Å². The molecule has 0 unspecified atom stereocenters. The molecule has 162 valence electrons. The third-order valence-electron chi connectivity index (χ3n) is 6.09. The average molecular weight is 408 g/mol. The fourth-order valence-electron chi connectivity index (χ4n) is 4.58. The van der Waals surface area contributed by atoms with Crippen LogP contribution in [0, 0.1) is 11.3 Å². The number of likely N-dealkylation sites (N-methyl/N-ethyl adjacent to an activating group) is 1. The molecule has 0 atom stereocenters. The highest BCUT2D eigenvalue weighted by atomic mass is 16.1. The Labute approximate surface area is 182 Å². The molecule has 1 saturated carbocycles. The van der Waals surface area contributed by atoms with Gasteiger partial charge in [0.1, 0.15) is 0 Å². The largest absolute Gasteiger partial charge is 0.351 e. The second kappa shape index (κ2) is 9.94. The summed E-state index contributed by atoms with van der Waals surface area (Å²) in [6, 6.07) is 0. The van der Waals surface area contributed by atoms with E-state index in [4.69, 9.17) is 0 Å². The summed E-state index contributed by atoms with van der Waals surface area (Å²) in [5.74, 6) is 0.248. The summed E-state index contributed by atoms with van der Waals surface area (Å²) in [6.45, 7) is 20.0. The fraction of sp³-hybridized carbons (Fsp3) is 0.423. The summed E-state index contributed by atoms with van der Waals surface area (Å²) in [5.41, 5.74) is 5.02. The first kappa shape index (κ1) is 23.7. The lowest BCUT2D eigenvalue weighted by atomic mass is 9.57. The number of carbonyl (C=O) groups is 1. The molecule has 1 spiro atoms. The maximum Gasteiger partial charge on any atom is 0.227 e. The van der Waals surface area contributed by atoms with Gasteiger partial charge in [-0.25, -0.2) is 0 Å². The van der Waals surface area contributed by atoms with Gasteiger partial charge in [-0.15, -0.1) is 0 Å². The average Bonchev–Trinajstić information content (AvgIpc) is 2.67. The van der Waals surface area contributed by atoms with Crippen LogP contribution in [-0.2, 0) is 4.79 Å². The quantitative estimate of drug-likeness (QED) is 0.550. The Morgan fingerprint density at radius 3 is 2.23 bits per heavy atom. The van der Waals surface area contributed by atoms with E-state index in [0.717, 1.165) is 54.0 Å². The van der Waals surface area contributed by atoms with E-state index in [2.05, 4.69) is 49.2 Å². The van der Waals surface area contributed by atoms with Gasteiger partial charge < -0.3 is 15.1 Å². The van der Waals surface area contributed by atoms with Gasteiger partial charge in [0, 0.05) is 37.4 Å². The zero-order chi connectivity index (χ0) is 22.5. The first-order chi connectivity index (χ1) is 14.2. The van der Waals surface area contributed by atoms with Crippen molar-refractivity contribution in [2.24, 2.45) is 11.3 Å². The lowest BCUT2D eigenvalue weighted by Crippen LogP contribution is -2.62. The predicted octanol–water partition coefficient (Wildman–Crippen LogP) is 4.94. The number of hydrogen-bond acceptors (Lipinski definition) is 3. The molecule has 0 radical (unpaired) electrons. The Morgan fingerprint density at radius 2 is 1.77 bits per heavy atom. The minimum absolute atomic E-state index is 0.124. The minimum atomic E-state index is 0.124. The van der Waals surface area contributed by atoms with Crippen LogP contribution in [-0.4, -0.2) is 42.9 Å². The zero-order valence-electron chi connectivity index (χ0n) is 19.3. The number of nitrogens with one attached hydrogen (secondary N) is 1. The Bertz CT molecular complexity index is 826. The van der Waals surface area contributed by atoms with E-state index in [9.17, 15) is 4.79 Å². The SMILES string of the molecule is C=CC(=C)C(=C\C(=C/C)C(=C\C)\N(C)C=C)/C=C(\C)NC(=O)C1CC2(C1)CN(C)C2. The molecule has 0 aromatic rings. The zero-order valence-corrected chi connectivity index (χ0v) is 19.3. The van der Waals surface area contributed by atoms with E-state index in [0.29, 0.717) is 5.41 Å². The van der Waals surface area contributed by atoms with Gasteiger partial charge in [0.2, 0.25) is 5.91 Å². The van der Waals surface area contributed by atoms with Gasteiger partial charge in [0.05, 0.1) is 0 Å². The molecule has 0 aromatic carbocycles. The van der Waals surface area contributed by atoms with Crippen LogP contribution < -0.4 is 5.32 Å². The van der Waals surface area contributed by atoms with Gasteiger partial charge in [-0.1, -0.05) is 38.0 Å². The van der Waals surface area contributed by atoms with Gasteiger partial charge in [0.25, 0.3) is 0 Å². The Hall–Kier alpha value is -2.59. The van der Waals surface area contributed by atoms with Crippen molar-refractivity contribution < 1.29 is 4.79 Å². The monoisotopic (exact) mass is 407 g/mol. The van der Waals surface area contributed by atoms with E-state index in [1.165, 1.54) is 0 Å². The van der Waals surface area contributed by atoms with Gasteiger partial charge in [-0.05, 0) is 81.1 Å². The summed E-state index contributed by atoms with van der Waals surface area (Å²) in [6.07, 6.45) is 13.7. The van der Waals surface area contributed by atoms with Crippen LogP contribution in [0.25, 0.3) is 0 Å². The smallest absolute Gasteiger partial charge is 0.227 e. The molecule has 2 rings (SSSR count). The van der Waals surface area contributed by atoms with Gasteiger partial charge in [-0.3, -0.25) is 4.79 Å².